The molecule has 1 aliphatic rings. The van der Waals surface area contributed by atoms with Crippen LogP contribution in [0.1, 0.15) is 42.1 Å². The Bertz CT molecular complexity index is 1060. The summed E-state index contributed by atoms with van der Waals surface area (Å²) in [6.45, 7) is 7.62. The molecule has 1 saturated heterocycles. The Morgan fingerprint density at radius 3 is 2.44 bits per heavy atom. The number of nitrogens with one attached hydrogen (secondary N) is 1. The van der Waals surface area contributed by atoms with Crippen LogP contribution in [0.4, 0.5) is 17.5 Å². The normalized spacial score (nSPS) is 13.6. The van der Waals surface area contributed by atoms with Crippen molar-refractivity contribution >= 4 is 23.4 Å². The Kier molecular flexibility index (Phi) is 7.91. The van der Waals surface area contributed by atoms with Gasteiger partial charge in [-0.05, 0) is 67.4 Å². The first-order valence-electron chi connectivity index (χ1n) is 11.9. The summed E-state index contributed by atoms with van der Waals surface area (Å²) in [5.41, 5.74) is 1.82. The minimum atomic E-state index is 0.0495. The van der Waals surface area contributed by atoms with Crippen molar-refractivity contribution in [3.63, 3.8) is 0 Å². The highest BCUT2D eigenvalue weighted by Gasteiger charge is 2.23. The fourth-order valence-electron chi connectivity index (χ4n) is 3.85. The van der Waals surface area contributed by atoms with E-state index in [1.165, 1.54) is 12.8 Å². The number of carbonyl (C=O) groups is 1. The molecule has 1 aliphatic heterocycles. The van der Waals surface area contributed by atoms with E-state index in [0.717, 1.165) is 29.4 Å². The Labute approximate surface area is 201 Å². The zero-order chi connectivity index (χ0) is 23.8. The lowest BCUT2D eigenvalue weighted by Crippen LogP contribution is -2.49. The number of ether oxygens (including phenoxy) is 1. The molecule has 0 spiro atoms. The average Bonchev–Trinajstić information content (AvgIpc) is 2.87. The third-order valence-electron chi connectivity index (χ3n) is 5.83. The fraction of sp³-hybridized carbons (Fsp3) is 0.385. The van der Waals surface area contributed by atoms with Crippen molar-refractivity contribution < 1.29 is 9.53 Å². The van der Waals surface area contributed by atoms with Crippen LogP contribution in [0.5, 0.6) is 5.75 Å². The lowest BCUT2D eigenvalue weighted by molar-refractivity contribution is 0.0746. The van der Waals surface area contributed by atoms with Gasteiger partial charge in [0, 0.05) is 37.9 Å². The predicted molar refractivity (Wildman–Crippen MR) is 134 cm³/mol. The first kappa shape index (κ1) is 23.5. The number of nitrogens with zero attached hydrogens (tertiary/aromatic N) is 5. The summed E-state index contributed by atoms with van der Waals surface area (Å²) < 4.78 is 5.75. The SMILES string of the molecule is CCCCCOc1ccc(C(=O)N2CCN(c3ccc(Nc4cc(C)ccn4)nn3)CC2)cc1. The molecule has 8 heteroatoms. The van der Waals surface area contributed by atoms with E-state index < -0.39 is 0 Å². The summed E-state index contributed by atoms with van der Waals surface area (Å²) in [6.07, 6.45) is 5.15. The number of amides is 1. The molecular weight excluding hydrogens is 428 g/mol. The van der Waals surface area contributed by atoms with Gasteiger partial charge in [0.15, 0.2) is 11.6 Å². The average molecular weight is 461 g/mol. The van der Waals surface area contributed by atoms with Crippen LogP contribution in [0.2, 0.25) is 0 Å². The maximum absolute atomic E-state index is 12.9. The van der Waals surface area contributed by atoms with Crippen LogP contribution in [-0.4, -0.2) is 58.8 Å². The molecule has 4 rings (SSSR count). The number of hydrogen-bond donors (Lipinski definition) is 1. The number of carbonyl (C=O) groups excluding carboxylic acids is 1. The summed E-state index contributed by atoms with van der Waals surface area (Å²) in [5.74, 6) is 3.05. The summed E-state index contributed by atoms with van der Waals surface area (Å²) >= 11 is 0. The number of unbranched alkanes of at least 4 members (excludes halogenated alkanes) is 2. The van der Waals surface area contributed by atoms with Crippen LogP contribution in [0.3, 0.4) is 0 Å². The van der Waals surface area contributed by atoms with Crippen LogP contribution in [-0.2, 0) is 0 Å². The standard InChI is InChI=1S/C26H32N6O2/c1-3-4-5-18-34-22-8-6-21(7-9-22)26(33)32-16-14-31(15-17-32)25-11-10-23(29-30-25)28-24-19-20(2)12-13-27-24/h6-13,19H,3-5,14-18H2,1-2H3,(H,27,28,29). The molecule has 1 amide bonds. The molecule has 3 heterocycles. The minimum Gasteiger partial charge on any atom is -0.494 e. The van der Waals surface area contributed by atoms with Crippen molar-refractivity contribution in [3.05, 3.63) is 65.9 Å². The minimum absolute atomic E-state index is 0.0495. The van der Waals surface area contributed by atoms with Gasteiger partial charge in [0.2, 0.25) is 0 Å². The van der Waals surface area contributed by atoms with Gasteiger partial charge in [0.25, 0.3) is 5.91 Å². The molecule has 0 saturated carbocycles. The summed E-state index contributed by atoms with van der Waals surface area (Å²) in [6, 6.07) is 15.2. The van der Waals surface area contributed by atoms with Gasteiger partial charge in [-0.25, -0.2) is 4.98 Å². The van der Waals surface area contributed by atoms with Gasteiger partial charge in [-0.1, -0.05) is 19.8 Å². The van der Waals surface area contributed by atoms with Gasteiger partial charge in [0.1, 0.15) is 11.6 Å². The number of anilines is 3. The molecule has 1 fully saturated rings. The van der Waals surface area contributed by atoms with Crippen molar-refractivity contribution in [1.29, 1.82) is 0 Å². The number of benzene rings is 1. The summed E-state index contributed by atoms with van der Waals surface area (Å²) in [5, 5.41) is 11.8. The van der Waals surface area contributed by atoms with Crippen molar-refractivity contribution in [3.8, 4) is 5.75 Å². The number of pyridine rings is 1. The third kappa shape index (κ3) is 6.21. The van der Waals surface area contributed by atoms with Crippen LogP contribution < -0.4 is 15.0 Å². The molecule has 8 nitrogen and oxygen atoms in total. The summed E-state index contributed by atoms with van der Waals surface area (Å²) in [4.78, 5) is 21.2. The van der Waals surface area contributed by atoms with Gasteiger partial charge < -0.3 is 19.9 Å². The van der Waals surface area contributed by atoms with Crippen molar-refractivity contribution in [2.45, 2.75) is 33.1 Å². The number of rotatable bonds is 9. The van der Waals surface area contributed by atoms with E-state index in [2.05, 4.69) is 32.3 Å². The maximum atomic E-state index is 12.9. The molecule has 0 aliphatic carbocycles. The van der Waals surface area contributed by atoms with E-state index in [1.807, 2.05) is 60.4 Å². The second-order valence-electron chi connectivity index (χ2n) is 8.48. The molecule has 0 radical (unpaired) electrons. The molecule has 1 aromatic carbocycles. The van der Waals surface area contributed by atoms with Gasteiger partial charge in [-0.3, -0.25) is 4.79 Å². The first-order chi connectivity index (χ1) is 16.6. The monoisotopic (exact) mass is 460 g/mol. The van der Waals surface area contributed by atoms with Gasteiger partial charge in [-0.2, -0.15) is 0 Å². The molecule has 1 N–H and O–H groups in total. The zero-order valence-electron chi connectivity index (χ0n) is 19.9. The van der Waals surface area contributed by atoms with Crippen LogP contribution in [0, 0.1) is 6.92 Å². The van der Waals surface area contributed by atoms with Crippen LogP contribution in [0.15, 0.2) is 54.7 Å². The zero-order valence-corrected chi connectivity index (χ0v) is 19.9. The molecule has 0 atom stereocenters. The smallest absolute Gasteiger partial charge is 0.253 e. The summed E-state index contributed by atoms with van der Waals surface area (Å²) in [7, 11) is 0. The fourth-order valence-corrected chi connectivity index (χ4v) is 3.85. The van der Waals surface area contributed by atoms with E-state index in [-0.39, 0.29) is 5.91 Å². The second-order valence-corrected chi connectivity index (χ2v) is 8.48. The number of aromatic nitrogens is 3. The lowest BCUT2D eigenvalue weighted by Gasteiger charge is -2.35. The highest BCUT2D eigenvalue weighted by atomic mass is 16.5. The molecule has 178 valence electrons. The number of hydrogen-bond acceptors (Lipinski definition) is 7. The van der Waals surface area contributed by atoms with Gasteiger partial charge in [-0.15, -0.1) is 10.2 Å². The number of piperazine rings is 1. The van der Waals surface area contributed by atoms with E-state index in [9.17, 15) is 4.79 Å². The second kappa shape index (κ2) is 11.4. The largest absolute Gasteiger partial charge is 0.494 e. The van der Waals surface area contributed by atoms with Crippen LogP contribution in [0.25, 0.3) is 0 Å². The van der Waals surface area contributed by atoms with Gasteiger partial charge >= 0.3 is 0 Å². The topological polar surface area (TPSA) is 83.5 Å². The third-order valence-corrected chi connectivity index (χ3v) is 5.83. The lowest BCUT2D eigenvalue weighted by atomic mass is 10.1. The Hall–Kier alpha value is -3.68. The molecular formula is C26H32N6O2. The maximum Gasteiger partial charge on any atom is 0.253 e. The van der Waals surface area contributed by atoms with Gasteiger partial charge in [0.05, 0.1) is 6.61 Å². The van der Waals surface area contributed by atoms with E-state index in [0.29, 0.717) is 44.2 Å². The van der Waals surface area contributed by atoms with Crippen molar-refractivity contribution in [2.75, 3.05) is 43.0 Å². The van der Waals surface area contributed by atoms with E-state index in [4.69, 9.17) is 4.74 Å². The van der Waals surface area contributed by atoms with Crippen molar-refractivity contribution in [2.24, 2.45) is 0 Å². The highest BCUT2D eigenvalue weighted by molar-refractivity contribution is 5.94. The predicted octanol–water partition coefficient (Wildman–Crippen LogP) is 4.46. The Morgan fingerprint density at radius 2 is 1.76 bits per heavy atom. The van der Waals surface area contributed by atoms with Crippen molar-refractivity contribution in [1.82, 2.24) is 20.1 Å². The molecule has 34 heavy (non-hydrogen) atoms. The van der Waals surface area contributed by atoms with Crippen LogP contribution >= 0.6 is 0 Å². The Morgan fingerprint density at radius 1 is 0.971 bits per heavy atom. The molecule has 0 bridgehead atoms. The Balaban J connectivity index is 1.27. The molecule has 0 unspecified atom stereocenters. The molecule has 2 aromatic heterocycles. The molecule has 3 aromatic rings. The first-order valence-corrected chi connectivity index (χ1v) is 11.9. The number of aryl methyl sites for hydroxylation is 1. The quantitative estimate of drug-likeness (QED) is 0.472. The van der Waals surface area contributed by atoms with E-state index in [1.54, 1.807) is 6.20 Å². The van der Waals surface area contributed by atoms with E-state index >= 15 is 0 Å². The highest BCUT2D eigenvalue weighted by Crippen LogP contribution is 2.19.